The molecule has 1 saturated heterocycles. The van der Waals surface area contributed by atoms with E-state index < -0.39 is 0 Å². The second-order valence-corrected chi connectivity index (χ2v) is 8.45. The topological polar surface area (TPSA) is 87.3 Å². The van der Waals surface area contributed by atoms with Gasteiger partial charge < -0.3 is 18.9 Å². The van der Waals surface area contributed by atoms with E-state index in [2.05, 4.69) is 9.88 Å². The minimum Gasteiger partial charge on any atom is -0.497 e. The number of para-hydroxylation sites is 1. The fraction of sp³-hybridized carbons (Fsp3) is 0.231. The zero-order chi connectivity index (χ0) is 23.9. The van der Waals surface area contributed by atoms with Crippen molar-refractivity contribution >= 4 is 28.0 Å². The van der Waals surface area contributed by atoms with Crippen LogP contribution in [0.25, 0.3) is 39.0 Å². The number of morpholine rings is 1. The molecule has 0 atom stereocenters. The first-order valence-corrected chi connectivity index (χ1v) is 11.5. The fourth-order valence-corrected chi connectivity index (χ4v) is 4.56. The van der Waals surface area contributed by atoms with Crippen LogP contribution < -0.4 is 15.2 Å². The van der Waals surface area contributed by atoms with Gasteiger partial charge in [-0.1, -0.05) is 18.2 Å². The van der Waals surface area contributed by atoms with Gasteiger partial charge in [0.2, 0.25) is 5.95 Å². The lowest BCUT2D eigenvalue weighted by Crippen LogP contribution is -2.37. The summed E-state index contributed by atoms with van der Waals surface area (Å²) in [4.78, 5) is 30.3. The number of rotatable bonds is 4. The van der Waals surface area contributed by atoms with E-state index in [1.165, 1.54) is 0 Å². The van der Waals surface area contributed by atoms with Gasteiger partial charge in [0.25, 0.3) is 5.56 Å². The molecule has 176 valence electrons. The van der Waals surface area contributed by atoms with Gasteiger partial charge in [-0.3, -0.25) is 9.36 Å². The maximum atomic E-state index is 14.0. The second kappa shape index (κ2) is 8.52. The van der Waals surface area contributed by atoms with Gasteiger partial charge in [0.05, 0.1) is 32.2 Å². The molecule has 9 heteroatoms. The normalized spacial score (nSPS) is 14.1. The summed E-state index contributed by atoms with van der Waals surface area (Å²) in [6, 6.07) is 15.3. The molecule has 1 fully saturated rings. The first-order chi connectivity index (χ1) is 17.1. The minimum absolute atomic E-state index is 0.245. The number of hydrogen-bond donors (Lipinski definition) is 0. The van der Waals surface area contributed by atoms with Crippen LogP contribution in [-0.2, 0) is 11.8 Å². The van der Waals surface area contributed by atoms with Gasteiger partial charge in [-0.25, -0.2) is 9.97 Å². The summed E-state index contributed by atoms with van der Waals surface area (Å²) in [6.45, 7) is 2.62. The molecule has 0 amide bonds. The molecule has 9 nitrogen and oxygen atoms in total. The third kappa shape index (κ3) is 3.60. The van der Waals surface area contributed by atoms with Crippen molar-refractivity contribution in [2.24, 2.45) is 7.05 Å². The molecule has 1 aliphatic rings. The molecule has 0 N–H and O–H groups in total. The third-order valence-corrected chi connectivity index (χ3v) is 6.36. The molecule has 0 unspecified atom stereocenters. The summed E-state index contributed by atoms with van der Waals surface area (Å²) >= 11 is 0. The Balaban J connectivity index is 1.63. The predicted molar refractivity (Wildman–Crippen MR) is 134 cm³/mol. The average Bonchev–Trinajstić information content (AvgIpc) is 3.25. The van der Waals surface area contributed by atoms with Crippen LogP contribution in [0, 0.1) is 0 Å². The summed E-state index contributed by atoms with van der Waals surface area (Å²) in [5.74, 6) is 1.26. The molecular weight excluding hydrogens is 444 g/mol. The largest absolute Gasteiger partial charge is 0.497 e. The molecule has 0 radical (unpaired) electrons. The first-order valence-electron chi connectivity index (χ1n) is 11.5. The van der Waals surface area contributed by atoms with E-state index in [9.17, 15) is 4.79 Å². The number of nitrogens with zero attached hydrogens (tertiary/aromatic N) is 6. The van der Waals surface area contributed by atoms with Gasteiger partial charge >= 0.3 is 0 Å². The zero-order valence-electron chi connectivity index (χ0n) is 19.5. The Morgan fingerprint density at radius 2 is 1.77 bits per heavy atom. The maximum absolute atomic E-state index is 14.0. The zero-order valence-corrected chi connectivity index (χ0v) is 19.5. The van der Waals surface area contributed by atoms with E-state index in [-0.39, 0.29) is 5.56 Å². The summed E-state index contributed by atoms with van der Waals surface area (Å²) in [5, 5.41) is 0.964. The number of aromatic nitrogens is 5. The highest BCUT2D eigenvalue weighted by atomic mass is 16.5. The third-order valence-electron chi connectivity index (χ3n) is 6.36. The molecule has 6 rings (SSSR count). The van der Waals surface area contributed by atoms with Gasteiger partial charge in [-0.15, -0.1) is 0 Å². The number of benzene rings is 2. The van der Waals surface area contributed by atoms with Crippen LogP contribution in [0.1, 0.15) is 0 Å². The number of aryl methyl sites for hydroxylation is 1. The van der Waals surface area contributed by atoms with Crippen molar-refractivity contribution in [2.75, 3.05) is 38.3 Å². The molecule has 1 aliphatic heterocycles. The van der Waals surface area contributed by atoms with Gasteiger partial charge in [0.1, 0.15) is 17.0 Å². The lowest BCUT2D eigenvalue weighted by atomic mass is 10.1. The lowest BCUT2D eigenvalue weighted by molar-refractivity contribution is 0.122. The predicted octanol–water partition coefficient (Wildman–Crippen LogP) is 3.18. The van der Waals surface area contributed by atoms with Crippen molar-refractivity contribution in [1.29, 1.82) is 0 Å². The van der Waals surface area contributed by atoms with Crippen LogP contribution in [0.2, 0.25) is 0 Å². The first kappa shape index (κ1) is 21.3. The minimum atomic E-state index is -0.245. The van der Waals surface area contributed by atoms with E-state index in [0.29, 0.717) is 60.5 Å². The summed E-state index contributed by atoms with van der Waals surface area (Å²) in [7, 11) is 3.58. The highest BCUT2D eigenvalue weighted by Crippen LogP contribution is 2.29. The van der Waals surface area contributed by atoms with Crippen LogP contribution in [-0.4, -0.2) is 57.5 Å². The Hall–Kier alpha value is -4.24. The summed E-state index contributed by atoms with van der Waals surface area (Å²) < 4.78 is 14.4. The molecule has 0 saturated carbocycles. The van der Waals surface area contributed by atoms with Gasteiger partial charge in [0.15, 0.2) is 5.65 Å². The van der Waals surface area contributed by atoms with Crippen molar-refractivity contribution < 1.29 is 9.47 Å². The standard InChI is InChI=1S/C26H24N6O3/c1-30-16-20(19-5-3-4-6-22(19)30)23-25(33)32(17-7-9-18(34-2)10-8-17)24-21(28-23)15-27-26(29-24)31-11-13-35-14-12-31/h3-10,15-16H,11-14H2,1-2H3. The molecule has 0 bridgehead atoms. The van der Waals surface area contributed by atoms with E-state index in [4.69, 9.17) is 19.4 Å². The molecular formula is C26H24N6O3. The number of anilines is 1. The number of hydrogen-bond acceptors (Lipinski definition) is 7. The lowest BCUT2D eigenvalue weighted by Gasteiger charge is -2.26. The molecule has 2 aromatic carbocycles. The van der Waals surface area contributed by atoms with Crippen LogP contribution in [0.15, 0.2) is 65.7 Å². The smallest absolute Gasteiger partial charge is 0.283 e. The second-order valence-electron chi connectivity index (χ2n) is 8.45. The van der Waals surface area contributed by atoms with Crippen molar-refractivity contribution in [3.63, 3.8) is 0 Å². The van der Waals surface area contributed by atoms with Crippen molar-refractivity contribution in [3.8, 4) is 22.7 Å². The molecule has 35 heavy (non-hydrogen) atoms. The monoisotopic (exact) mass is 468 g/mol. The van der Waals surface area contributed by atoms with E-state index >= 15 is 0 Å². The SMILES string of the molecule is COc1ccc(-n2c(=O)c(-c3cn(C)c4ccccc34)nc3cnc(N4CCOCC4)nc32)cc1. The Kier molecular flexibility index (Phi) is 5.18. The Labute approximate surface area is 201 Å². The Morgan fingerprint density at radius 3 is 2.54 bits per heavy atom. The van der Waals surface area contributed by atoms with E-state index in [0.717, 1.165) is 16.5 Å². The average molecular weight is 469 g/mol. The van der Waals surface area contributed by atoms with Crippen LogP contribution >= 0.6 is 0 Å². The van der Waals surface area contributed by atoms with E-state index in [1.807, 2.05) is 66.3 Å². The van der Waals surface area contributed by atoms with E-state index in [1.54, 1.807) is 17.9 Å². The highest BCUT2D eigenvalue weighted by Gasteiger charge is 2.21. The molecule has 4 heterocycles. The molecule has 3 aromatic heterocycles. The van der Waals surface area contributed by atoms with Gasteiger partial charge in [0, 0.05) is 42.8 Å². The molecule has 0 spiro atoms. The number of fused-ring (bicyclic) bond motifs is 2. The van der Waals surface area contributed by atoms with Gasteiger partial charge in [-0.2, -0.15) is 4.98 Å². The number of methoxy groups -OCH3 is 1. The summed E-state index contributed by atoms with van der Waals surface area (Å²) in [5.41, 5.74) is 3.59. The van der Waals surface area contributed by atoms with Crippen LogP contribution in [0.5, 0.6) is 5.75 Å². The summed E-state index contributed by atoms with van der Waals surface area (Å²) in [6.07, 6.45) is 3.64. The maximum Gasteiger partial charge on any atom is 0.283 e. The van der Waals surface area contributed by atoms with Crippen molar-refractivity contribution in [1.82, 2.24) is 24.1 Å². The highest BCUT2D eigenvalue weighted by molar-refractivity contribution is 5.95. The Bertz CT molecular complexity index is 1600. The van der Waals surface area contributed by atoms with Crippen LogP contribution in [0.3, 0.4) is 0 Å². The van der Waals surface area contributed by atoms with Gasteiger partial charge in [-0.05, 0) is 30.3 Å². The van der Waals surface area contributed by atoms with Crippen molar-refractivity contribution in [2.45, 2.75) is 0 Å². The van der Waals surface area contributed by atoms with Crippen molar-refractivity contribution in [3.05, 3.63) is 71.3 Å². The van der Waals surface area contributed by atoms with Crippen LogP contribution in [0.4, 0.5) is 5.95 Å². The Morgan fingerprint density at radius 1 is 1.00 bits per heavy atom. The quantitative estimate of drug-likeness (QED) is 0.400. The molecule has 0 aliphatic carbocycles. The number of ether oxygens (including phenoxy) is 2. The fourth-order valence-electron chi connectivity index (χ4n) is 4.56. The molecule has 5 aromatic rings.